The highest BCUT2D eigenvalue weighted by Crippen LogP contribution is 2.28. The van der Waals surface area contributed by atoms with Crippen LogP contribution in [0.5, 0.6) is 0 Å². The zero-order chi connectivity index (χ0) is 9.73. The van der Waals surface area contributed by atoms with E-state index in [2.05, 4.69) is 10.1 Å². The first-order valence-corrected chi connectivity index (χ1v) is 4.65. The molecule has 0 aromatic rings. The average molecular weight is 187 g/mol. The Balaban J connectivity index is 2.35. The smallest absolute Gasteiger partial charge is 0.319 e. The lowest BCUT2D eigenvalue weighted by atomic mass is 9.99. The van der Waals surface area contributed by atoms with Gasteiger partial charge in [-0.2, -0.15) is 0 Å². The fraction of sp³-hybridized carbons (Fsp3) is 0.889. The van der Waals surface area contributed by atoms with Gasteiger partial charge >= 0.3 is 5.97 Å². The van der Waals surface area contributed by atoms with Crippen molar-refractivity contribution < 1.29 is 14.6 Å². The van der Waals surface area contributed by atoms with Crippen molar-refractivity contribution in [2.45, 2.75) is 31.2 Å². The molecule has 4 heteroatoms. The highest BCUT2D eigenvalue weighted by atomic mass is 16.5. The summed E-state index contributed by atoms with van der Waals surface area (Å²) in [7, 11) is 1.37. The highest BCUT2D eigenvalue weighted by Gasteiger charge is 2.32. The van der Waals surface area contributed by atoms with Crippen LogP contribution in [0.3, 0.4) is 0 Å². The molecule has 0 aliphatic heterocycles. The first-order valence-electron chi connectivity index (χ1n) is 4.65. The van der Waals surface area contributed by atoms with Crippen LogP contribution in [0.1, 0.15) is 25.7 Å². The number of esters is 1. The standard InChI is InChI=1S/C9H17NO3/c1-13-8(12)6-10-9(7-11)4-2-3-5-9/h10-11H,2-7H2,1H3. The summed E-state index contributed by atoms with van der Waals surface area (Å²) in [4.78, 5) is 10.9. The second kappa shape index (κ2) is 4.58. The van der Waals surface area contributed by atoms with E-state index in [1.165, 1.54) is 7.11 Å². The van der Waals surface area contributed by atoms with Crippen LogP contribution >= 0.6 is 0 Å². The molecule has 0 bridgehead atoms. The van der Waals surface area contributed by atoms with Crippen LogP contribution in [0.25, 0.3) is 0 Å². The van der Waals surface area contributed by atoms with E-state index in [0.717, 1.165) is 25.7 Å². The number of carbonyl (C=O) groups is 1. The van der Waals surface area contributed by atoms with E-state index in [0.29, 0.717) is 0 Å². The molecule has 0 unspecified atom stereocenters. The largest absolute Gasteiger partial charge is 0.468 e. The van der Waals surface area contributed by atoms with E-state index in [1.54, 1.807) is 0 Å². The molecule has 1 rings (SSSR count). The lowest BCUT2D eigenvalue weighted by molar-refractivity contribution is -0.140. The van der Waals surface area contributed by atoms with Gasteiger partial charge < -0.3 is 9.84 Å². The lowest BCUT2D eigenvalue weighted by Gasteiger charge is -2.27. The van der Waals surface area contributed by atoms with Crippen molar-refractivity contribution in [3.8, 4) is 0 Å². The van der Waals surface area contributed by atoms with Gasteiger partial charge in [0, 0.05) is 5.54 Å². The summed E-state index contributed by atoms with van der Waals surface area (Å²) in [6.45, 7) is 0.293. The summed E-state index contributed by atoms with van der Waals surface area (Å²) >= 11 is 0. The fourth-order valence-electron chi connectivity index (χ4n) is 1.77. The van der Waals surface area contributed by atoms with Crippen molar-refractivity contribution in [1.29, 1.82) is 0 Å². The number of aliphatic hydroxyl groups is 1. The normalized spacial score (nSPS) is 20.2. The van der Waals surface area contributed by atoms with Crippen LogP contribution in [0.4, 0.5) is 0 Å². The molecule has 13 heavy (non-hydrogen) atoms. The first kappa shape index (κ1) is 10.5. The number of ether oxygens (including phenoxy) is 1. The predicted molar refractivity (Wildman–Crippen MR) is 48.3 cm³/mol. The minimum Gasteiger partial charge on any atom is -0.468 e. The molecular weight excluding hydrogens is 170 g/mol. The minimum atomic E-state index is -0.278. The molecule has 0 heterocycles. The molecule has 1 aliphatic rings. The van der Waals surface area contributed by atoms with Gasteiger partial charge in [-0.25, -0.2) is 0 Å². The lowest BCUT2D eigenvalue weighted by Crippen LogP contribution is -2.48. The van der Waals surface area contributed by atoms with Crippen LogP contribution in [-0.4, -0.2) is 36.9 Å². The van der Waals surface area contributed by atoms with Crippen LogP contribution in [-0.2, 0) is 9.53 Å². The summed E-state index contributed by atoms with van der Waals surface area (Å²) in [6.07, 6.45) is 4.13. The molecule has 2 N–H and O–H groups in total. The minimum absolute atomic E-state index is 0.101. The molecule has 1 saturated carbocycles. The number of carbonyl (C=O) groups excluding carboxylic acids is 1. The third-order valence-corrected chi connectivity index (χ3v) is 2.70. The molecule has 0 saturated heterocycles. The van der Waals surface area contributed by atoms with Gasteiger partial charge in [0.2, 0.25) is 0 Å². The van der Waals surface area contributed by atoms with Gasteiger partial charge in [-0.15, -0.1) is 0 Å². The van der Waals surface area contributed by atoms with Gasteiger partial charge in [-0.3, -0.25) is 10.1 Å². The second-order valence-electron chi connectivity index (χ2n) is 3.58. The molecule has 76 valence electrons. The predicted octanol–water partition coefficient (Wildman–Crippen LogP) is 0.0541. The second-order valence-corrected chi connectivity index (χ2v) is 3.58. The summed E-state index contributed by atoms with van der Waals surface area (Å²) in [5, 5.41) is 12.3. The van der Waals surface area contributed by atoms with E-state index in [4.69, 9.17) is 0 Å². The summed E-state index contributed by atoms with van der Waals surface area (Å²) in [6, 6.07) is 0. The van der Waals surface area contributed by atoms with E-state index < -0.39 is 0 Å². The Hall–Kier alpha value is -0.610. The van der Waals surface area contributed by atoms with Crippen molar-refractivity contribution >= 4 is 5.97 Å². The Morgan fingerprint density at radius 3 is 2.62 bits per heavy atom. The summed E-state index contributed by atoms with van der Waals surface area (Å²) < 4.78 is 4.52. The Bertz CT molecular complexity index is 176. The van der Waals surface area contributed by atoms with Crippen molar-refractivity contribution in [3.05, 3.63) is 0 Å². The van der Waals surface area contributed by atoms with Crippen molar-refractivity contribution in [3.63, 3.8) is 0 Å². The monoisotopic (exact) mass is 187 g/mol. The van der Waals surface area contributed by atoms with Crippen LogP contribution in [0.15, 0.2) is 0 Å². The number of aliphatic hydroxyl groups excluding tert-OH is 1. The van der Waals surface area contributed by atoms with E-state index in [1.807, 2.05) is 0 Å². The van der Waals surface area contributed by atoms with Gasteiger partial charge in [-0.05, 0) is 12.8 Å². The molecule has 0 aromatic carbocycles. The van der Waals surface area contributed by atoms with Crippen LogP contribution in [0.2, 0.25) is 0 Å². The molecule has 0 radical (unpaired) electrons. The average Bonchev–Trinajstić information content (AvgIpc) is 2.63. The van der Waals surface area contributed by atoms with Gasteiger partial charge in [-0.1, -0.05) is 12.8 Å². The first-order chi connectivity index (χ1) is 6.22. The molecule has 0 aromatic heterocycles. The molecular formula is C9H17NO3. The zero-order valence-electron chi connectivity index (χ0n) is 8.01. The molecule has 4 nitrogen and oxygen atoms in total. The third kappa shape index (κ3) is 2.67. The van der Waals surface area contributed by atoms with E-state index in [9.17, 15) is 9.90 Å². The Morgan fingerprint density at radius 2 is 2.15 bits per heavy atom. The fourth-order valence-corrected chi connectivity index (χ4v) is 1.77. The third-order valence-electron chi connectivity index (χ3n) is 2.70. The topological polar surface area (TPSA) is 58.6 Å². The quantitative estimate of drug-likeness (QED) is 0.611. The maximum Gasteiger partial charge on any atom is 0.319 e. The van der Waals surface area contributed by atoms with Gasteiger partial charge in [0.1, 0.15) is 0 Å². The molecule has 0 atom stereocenters. The Labute approximate surface area is 78.3 Å². The van der Waals surface area contributed by atoms with Crippen molar-refractivity contribution in [2.24, 2.45) is 0 Å². The maximum absolute atomic E-state index is 10.9. The molecule has 1 aliphatic carbocycles. The SMILES string of the molecule is COC(=O)CNC1(CO)CCCC1. The molecule has 1 fully saturated rings. The Morgan fingerprint density at radius 1 is 1.54 bits per heavy atom. The van der Waals surface area contributed by atoms with Gasteiger partial charge in [0.05, 0.1) is 20.3 Å². The van der Waals surface area contributed by atoms with Crippen LogP contribution in [0, 0.1) is 0 Å². The van der Waals surface area contributed by atoms with Crippen molar-refractivity contribution in [2.75, 3.05) is 20.3 Å². The summed E-state index contributed by atoms with van der Waals surface area (Å²) in [5.74, 6) is -0.278. The van der Waals surface area contributed by atoms with Gasteiger partial charge in [0.15, 0.2) is 0 Å². The summed E-state index contributed by atoms with van der Waals surface area (Å²) in [5.41, 5.74) is -0.228. The molecule has 0 amide bonds. The number of nitrogens with one attached hydrogen (secondary N) is 1. The number of rotatable bonds is 4. The van der Waals surface area contributed by atoms with E-state index >= 15 is 0 Å². The number of hydrogen-bond donors (Lipinski definition) is 2. The highest BCUT2D eigenvalue weighted by molar-refractivity contribution is 5.71. The van der Waals surface area contributed by atoms with Crippen molar-refractivity contribution in [1.82, 2.24) is 5.32 Å². The number of hydrogen-bond acceptors (Lipinski definition) is 4. The Kier molecular flexibility index (Phi) is 3.69. The number of methoxy groups -OCH3 is 1. The van der Waals surface area contributed by atoms with Crippen LogP contribution < -0.4 is 5.32 Å². The van der Waals surface area contributed by atoms with E-state index in [-0.39, 0.29) is 24.7 Å². The molecule has 0 spiro atoms. The maximum atomic E-state index is 10.9. The zero-order valence-corrected chi connectivity index (χ0v) is 8.01. The van der Waals surface area contributed by atoms with Gasteiger partial charge in [0.25, 0.3) is 0 Å².